The van der Waals surface area contributed by atoms with Crippen LogP contribution < -0.4 is 5.32 Å². The Labute approximate surface area is 192 Å². The van der Waals surface area contributed by atoms with E-state index in [4.69, 9.17) is 0 Å². The highest BCUT2D eigenvalue weighted by molar-refractivity contribution is 5.92. The van der Waals surface area contributed by atoms with Gasteiger partial charge in [-0.25, -0.2) is 4.79 Å². The standard InChI is InChI=1S/C29H23NO3/c31-28(25(19-11-3-1-4-12-19)20-13-5-2-6-14-20)30-27(29(32)33)26-23-17-9-7-15-21(23)22-16-8-10-18-24(22)26/h1-18,25-27H,(H,30,31)(H,32,33)/t27-/m1/s1. The third-order valence-corrected chi connectivity index (χ3v) is 6.31. The van der Waals surface area contributed by atoms with Crippen LogP contribution in [0.1, 0.15) is 34.1 Å². The molecule has 1 aliphatic rings. The monoisotopic (exact) mass is 433 g/mol. The van der Waals surface area contributed by atoms with Gasteiger partial charge in [0.2, 0.25) is 5.91 Å². The molecule has 4 aromatic rings. The summed E-state index contributed by atoms with van der Waals surface area (Å²) in [6.07, 6.45) is 0. The molecular weight excluding hydrogens is 410 g/mol. The number of fused-ring (bicyclic) bond motifs is 3. The van der Waals surface area contributed by atoms with Gasteiger partial charge in [-0.05, 0) is 33.4 Å². The molecule has 0 saturated carbocycles. The summed E-state index contributed by atoms with van der Waals surface area (Å²) in [5.74, 6) is -2.46. The minimum absolute atomic E-state index is 0.332. The largest absolute Gasteiger partial charge is 0.480 e. The minimum atomic E-state index is -1.10. The number of amides is 1. The fourth-order valence-electron chi connectivity index (χ4n) is 4.86. The Morgan fingerprint density at radius 3 is 1.52 bits per heavy atom. The highest BCUT2D eigenvalue weighted by Gasteiger charge is 2.40. The van der Waals surface area contributed by atoms with Gasteiger partial charge >= 0.3 is 5.97 Å². The highest BCUT2D eigenvalue weighted by atomic mass is 16.4. The van der Waals surface area contributed by atoms with Gasteiger partial charge in [-0.3, -0.25) is 4.79 Å². The first-order valence-corrected chi connectivity index (χ1v) is 11.0. The van der Waals surface area contributed by atoms with Gasteiger partial charge in [0.15, 0.2) is 0 Å². The van der Waals surface area contributed by atoms with Crippen molar-refractivity contribution in [1.82, 2.24) is 5.32 Å². The summed E-state index contributed by atoms with van der Waals surface area (Å²) in [6.45, 7) is 0. The lowest BCUT2D eigenvalue weighted by molar-refractivity contribution is -0.142. The van der Waals surface area contributed by atoms with Gasteiger partial charge in [0, 0.05) is 5.92 Å². The van der Waals surface area contributed by atoms with Crippen molar-refractivity contribution in [2.24, 2.45) is 0 Å². The van der Waals surface area contributed by atoms with E-state index in [2.05, 4.69) is 5.32 Å². The number of aliphatic carboxylic acids is 1. The smallest absolute Gasteiger partial charge is 0.327 e. The first-order chi connectivity index (χ1) is 16.1. The fraction of sp³-hybridized carbons (Fsp3) is 0.103. The van der Waals surface area contributed by atoms with Crippen LogP contribution >= 0.6 is 0 Å². The lowest BCUT2D eigenvalue weighted by Crippen LogP contribution is -2.46. The number of nitrogens with one attached hydrogen (secondary N) is 1. The molecule has 2 N–H and O–H groups in total. The van der Waals surface area contributed by atoms with Crippen molar-refractivity contribution in [2.45, 2.75) is 17.9 Å². The normalized spacial score (nSPS) is 13.2. The van der Waals surface area contributed by atoms with E-state index < -0.39 is 23.8 Å². The van der Waals surface area contributed by atoms with Crippen LogP contribution in [0.5, 0.6) is 0 Å². The van der Waals surface area contributed by atoms with Crippen molar-refractivity contribution >= 4 is 11.9 Å². The van der Waals surface area contributed by atoms with Crippen LogP contribution in [0.25, 0.3) is 11.1 Å². The van der Waals surface area contributed by atoms with E-state index in [9.17, 15) is 14.7 Å². The molecule has 0 saturated heterocycles. The lowest BCUT2D eigenvalue weighted by atomic mass is 9.87. The molecule has 0 fully saturated rings. The SMILES string of the molecule is O=C(N[C@@H](C(=O)O)C1c2ccccc2-c2ccccc21)C(c1ccccc1)c1ccccc1. The summed E-state index contributed by atoms with van der Waals surface area (Å²) < 4.78 is 0. The van der Waals surface area contributed by atoms with Gasteiger partial charge in [-0.1, -0.05) is 109 Å². The van der Waals surface area contributed by atoms with Crippen molar-refractivity contribution in [3.05, 3.63) is 131 Å². The molecule has 0 unspecified atom stereocenters. The van der Waals surface area contributed by atoms with Crippen molar-refractivity contribution in [3.8, 4) is 11.1 Å². The quantitative estimate of drug-likeness (QED) is 0.439. The average molecular weight is 434 g/mol. The summed E-state index contributed by atoms with van der Waals surface area (Å²) in [6, 6.07) is 33.5. The maximum absolute atomic E-state index is 13.7. The molecule has 4 aromatic carbocycles. The Hall–Kier alpha value is -4.18. The zero-order valence-corrected chi connectivity index (χ0v) is 17.9. The van der Waals surface area contributed by atoms with Crippen molar-refractivity contribution in [2.75, 3.05) is 0 Å². The minimum Gasteiger partial charge on any atom is -0.480 e. The Balaban J connectivity index is 1.55. The van der Waals surface area contributed by atoms with Crippen molar-refractivity contribution < 1.29 is 14.7 Å². The maximum Gasteiger partial charge on any atom is 0.327 e. The Morgan fingerprint density at radius 2 is 1.06 bits per heavy atom. The summed E-state index contributed by atoms with van der Waals surface area (Å²) in [5.41, 5.74) is 5.50. The van der Waals surface area contributed by atoms with E-state index in [0.717, 1.165) is 33.4 Å². The molecule has 0 bridgehead atoms. The second-order valence-electron chi connectivity index (χ2n) is 8.23. The summed E-state index contributed by atoms with van der Waals surface area (Å²) in [7, 11) is 0. The van der Waals surface area contributed by atoms with Gasteiger partial charge in [-0.15, -0.1) is 0 Å². The van der Waals surface area contributed by atoms with E-state index >= 15 is 0 Å². The first-order valence-electron chi connectivity index (χ1n) is 11.0. The van der Waals surface area contributed by atoms with Crippen molar-refractivity contribution in [3.63, 3.8) is 0 Å². The van der Waals surface area contributed by atoms with E-state index in [0.29, 0.717) is 0 Å². The Kier molecular flexibility index (Phi) is 5.49. The van der Waals surface area contributed by atoms with Crippen LogP contribution in [0.2, 0.25) is 0 Å². The Bertz CT molecular complexity index is 1220. The van der Waals surface area contributed by atoms with Crippen LogP contribution in [-0.4, -0.2) is 23.0 Å². The molecule has 1 atom stereocenters. The van der Waals surface area contributed by atoms with Gasteiger partial charge in [0.1, 0.15) is 6.04 Å². The third kappa shape index (κ3) is 3.80. The van der Waals surface area contributed by atoms with E-state index in [1.807, 2.05) is 109 Å². The number of hydrogen-bond donors (Lipinski definition) is 2. The number of benzene rings is 4. The number of carboxylic acid groups (broad SMARTS) is 1. The zero-order chi connectivity index (χ0) is 22.8. The molecule has 1 aliphatic carbocycles. The van der Waals surface area contributed by atoms with Crippen molar-refractivity contribution in [1.29, 1.82) is 0 Å². The number of carbonyl (C=O) groups excluding carboxylic acids is 1. The molecule has 0 aliphatic heterocycles. The molecule has 0 aromatic heterocycles. The predicted molar refractivity (Wildman–Crippen MR) is 128 cm³/mol. The molecule has 4 nitrogen and oxygen atoms in total. The first kappa shape index (κ1) is 20.7. The number of carboxylic acids is 1. The molecule has 0 radical (unpaired) electrons. The molecular formula is C29H23NO3. The summed E-state index contributed by atoms with van der Waals surface area (Å²) >= 11 is 0. The van der Waals surface area contributed by atoms with Gasteiger partial charge in [0.25, 0.3) is 0 Å². The fourth-order valence-corrected chi connectivity index (χ4v) is 4.86. The summed E-state index contributed by atoms with van der Waals surface area (Å²) in [5, 5.41) is 13.1. The van der Waals surface area contributed by atoms with Crippen LogP contribution in [0.15, 0.2) is 109 Å². The predicted octanol–water partition coefficient (Wildman–Crippen LogP) is 5.20. The molecule has 4 heteroatoms. The Morgan fingerprint density at radius 1 is 0.636 bits per heavy atom. The third-order valence-electron chi connectivity index (χ3n) is 6.31. The van der Waals surface area contributed by atoms with E-state index in [-0.39, 0.29) is 5.91 Å². The van der Waals surface area contributed by atoms with E-state index in [1.54, 1.807) is 0 Å². The topological polar surface area (TPSA) is 66.4 Å². The molecule has 162 valence electrons. The van der Waals surface area contributed by atoms with Crippen LogP contribution in [-0.2, 0) is 9.59 Å². The molecule has 0 heterocycles. The lowest BCUT2D eigenvalue weighted by Gasteiger charge is -2.26. The number of hydrogen-bond acceptors (Lipinski definition) is 2. The second kappa shape index (κ2) is 8.75. The zero-order valence-electron chi connectivity index (χ0n) is 17.9. The molecule has 5 rings (SSSR count). The second-order valence-corrected chi connectivity index (χ2v) is 8.23. The van der Waals surface area contributed by atoms with Gasteiger partial charge < -0.3 is 10.4 Å². The number of carbonyl (C=O) groups is 2. The summed E-state index contributed by atoms with van der Waals surface area (Å²) in [4.78, 5) is 26.2. The number of rotatable bonds is 6. The van der Waals surface area contributed by atoms with Gasteiger partial charge in [-0.2, -0.15) is 0 Å². The molecule has 1 amide bonds. The average Bonchev–Trinajstić information content (AvgIpc) is 3.18. The van der Waals surface area contributed by atoms with Gasteiger partial charge in [0.05, 0.1) is 5.92 Å². The molecule has 33 heavy (non-hydrogen) atoms. The van der Waals surface area contributed by atoms with Crippen LogP contribution in [0.3, 0.4) is 0 Å². The van der Waals surface area contributed by atoms with Crippen LogP contribution in [0.4, 0.5) is 0 Å². The highest BCUT2D eigenvalue weighted by Crippen LogP contribution is 2.46. The maximum atomic E-state index is 13.7. The van der Waals surface area contributed by atoms with E-state index in [1.165, 1.54) is 0 Å². The van der Waals surface area contributed by atoms with Crippen LogP contribution in [0, 0.1) is 0 Å². The molecule has 0 spiro atoms.